The Labute approximate surface area is 166 Å². The monoisotopic (exact) mass is 404 g/mol. The summed E-state index contributed by atoms with van der Waals surface area (Å²) in [6, 6.07) is 9.52. The van der Waals surface area contributed by atoms with Crippen LogP contribution in [0.2, 0.25) is 5.02 Å². The second-order valence-corrected chi connectivity index (χ2v) is 7.65. The highest BCUT2D eigenvalue weighted by Crippen LogP contribution is 2.29. The molecule has 0 aliphatic carbocycles. The van der Waals surface area contributed by atoms with Gasteiger partial charge >= 0.3 is 0 Å². The van der Waals surface area contributed by atoms with Gasteiger partial charge in [-0.1, -0.05) is 17.7 Å². The maximum absolute atomic E-state index is 12.9. The molecule has 0 aliphatic rings. The Morgan fingerprint density at radius 3 is 2.59 bits per heavy atom. The fraction of sp³-hybridized carbons (Fsp3) is 0.200. The molecule has 4 nitrogen and oxygen atoms in total. The quantitative estimate of drug-likeness (QED) is 0.594. The van der Waals surface area contributed by atoms with Crippen molar-refractivity contribution >= 4 is 34.5 Å². The number of amides is 1. The Bertz CT molecular complexity index is 963. The van der Waals surface area contributed by atoms with Crippen molar-refractivity contribution in [2.45, 2.75) is 27.4 Å². The molecule has 0 aliphatic heterocycles. The lowest BCUT2D eigenvalue weighted by atomic mass is 10.1. The maximum Gasteiger partial charge on any atom is 0.267 e. The number of anilines is 1. The molecule has 0 unspecified atom stereocenters. The molecular formula is C20H18ClFN2O2S. The molecule has 3 rings (SSSR count). The molecule has 1 N–H and O–H groups in total. The first kappa shape index (κ1) is 19.3. The third-order valence-electron chi connectivity index (χ3n) is 3.89. The smallest absolute Gasteiger partial charge is 0.267 e. The molecule has 3 aromatic rings. The molecule has 0 radical (unpaired) electrons. The van der Waals surface area contributed by atoms with Gasteiger partial charge in [0, 0.05) is 0 Å². The van der Waals surface area contributed by atoms with Crippen molar-refractivity contribution in [3.05, 3.63) is 73.9 Å². The summed E-state index contributed by atoms with van der Waals surface area (Å²) in [4.78, 5) is 17.6. The van der Waals surface area contributed by atoms with E-state index in [-0.39, 0.29) is 18.3 Å². The van der Waals surface area contributed by atoms with Gasteiger partial charge in [0.1, 0.15) is 28.1 Å². The Balaban J connectivity index is 1.72. The van der Waals surface area contributed by atoms with Crippen LogP contribution >= 0.6 is 22.9 Å². The van der Waals surface area contributed by atoms with Gasteiger partial charge in [0.25, 0.3) is 5.91 Å². The Kier molecular flexibility index (Phi) is 5.77. The summed E-state index contributed by atoms with van der Waals surface area (Å²) in [7, 11) is 0. The van der Waals surface area contributed by atoms with E-state index in [9.17, 15) is 9.18 Å². The van der Waals surface area contributed by atoms with Gasteiger partial charge in [-0.15, -0.1) is 11.3 Å². The molecule has 1 aromatic heterocycles. The summed E-state index contributed by atoms with van der Waals surface area (Å²) in [5, 5.41) is 4.04. The van der Waals surface area contributed by atoms with Gasteiger partial charge in [0.05, 0.1) is 16.4 Å². The van der Waals surface area contributed by atoms with Crippen LogP contribution in [-0.2, 0) is 6.61 Å². The number of halogens is 2. The van der Waals surface area contributed by atoms with E-state index in [1.165, 1.54) is 23.5 Å². The zero-order valence-corrected chi connectivity index (χ0v) is 16.7. The number of nitrogens with one attached hydrogen (secondary N) is 1. The number of nitrogens with zero attached hydrogens (tertiary/aromatic N) is 1. The van der Waals surface area contributed by atoms with Crippen molar-refractivity contribution < 1.29 is 13.9 Å². The number of carbonyl (C=O) groups excluding carboxylic acids is 1. The van der Waals surface area contributed by atoms with Crippen molar-refractivity contribution in [3.8, 4) is 5.75 Å². The second kappa shape index (κ2) is 8.06. The highest BCUT2D eigenvalue weighted by Gasteiger charge is 2.18. The van der Waals surface area contributed by atoms with Crippen molar-refractivity contribution in [1.29, 1.82) is 0 Å². The van der Waals surface area contributed by atoms with Crippen molar-refractivity contribution in [1.82, 2.24) is 4.98 Å². The third-order valence-corrected chi connectivity index (χ3v) is 5.32. The number of aromatic nitrogens is 1. The molecule has 0 bridgehead atoms. The minimum Gasteiger partial charge on any atom is -0.486 e. The number of thiazole rings is 1. The van der Waals surface area contributed by atoms with Gasteiger partial charge in [-0.2, -0.15) is 0 Å². The molecule has 0 saturated heterocycles. The van der Waals surface area contributed by atoms with Crippen LogP contribution in [0.5, 0.6) is 5.75 Å². The highest BCUT2D eigenvalue weighted by atomic mass is 35.5. The predicted octanol–water partition coefficient (Wildman–Crippen LogP) is 5.69. The number of ether oxygens (including phenoxy) is 1. The topological polar surface area (TPSA) is 51.2 Å². The summed E-state index contributed by atoms with van der Waals surface area (Å²) in [5.74, 6) is -0.0411. The third kappa shape index (κ3) is 4.64. The van der Waals surface area contributed by atoms with Crippen LogP contribution in [0.3, 0.4) is 0 Å². The Hall–Kier alpha value is -2.44. The fourth-order valence-electron chi connectivity index (χ4n) is 2.64. The largest absolute Gasteiger partial charge is 0.486 e. The SMILES string of the molecule is Cc1cc(C)c(NC(=O)c2sc(COc3ccc(F)cc3)nc2C)c(Cl)c1. The van der Waals surface area contributed by atoms with E-state index in [1.807, 2.05) is 26.0 Å². The van der Waals surface area contributed by atoms with Crippen LogP contribution in [0.4, 0.5) is 10.1 Å². The minimum atomic E-state index is -0.323. The average Bonchev–Trinajstić information content (AvgIpc) is 2.98. The molecule has 0 saturated carbocycles. The summed E-state index contributed by atoms with van der Waals surface area (Å²) in [5.41, 5.74) is 3.15. The summed E-state index contributed by atoms with van der Waals surface area (Å²) in [6.07, 6.45) is 0. The Morgan fingerprint density at radius 1 is 1.22 bits per heavy atom. The van der Waals surface area contributed by atoms with Gasteiger partial charge in [0.15, 0.2) is 0 Å². The first-order valence-corrected chi connectivity index (χ1v) is 9.45. The number of benzene rings is 2. The van der Waals surface area contributed by atoms with Crippen LogP contribution in [0, 0.1) is 26.6 Å². The molecule has 7 heteroatoms. The number of aryl methyl sites for hydroxylation is 3. The number of hydrogen-bond acceptors (Lipinski definition) is 4. The van der Waals surface area contributed by atoms with E-state index in [0.29, 0.717) is 32.0 Å². The number of hydrogen-bond donors (Lipinski definition) is 1. The molecule has 0 fully saturated rings. The second-order valence-electron chi connectivity index (χ2n) is 6.16. The standard InChI is InChI=1S/C20H18ClFN2O2S/c1-11-8-12(2)18(16(21)9-11)24-20(25)19-13(3)23-17(27-19)10-26-15-6-4-14(22)5-7-15/h4-9H,10H2,1-3H3,(H,24,25). The van der Waals surface area contributed by atoms with Gasteiger partial charge in [-0.05, 0) is 62.2 Å². The van der Waals surface area contributed by atoms with Crippen LogP contribution in [-0.4, -0.2) is 10.9 Å². The van der Waals surface area contributed by atoms with Gasteiger partial charge in [0.2, 0.25) is 0 Å². The zero-order chi connectivity index (χ0) is 19.6. The summed E-state index contributed by atoms with van der Waals surface area (Å²) in [6.45, 7) is 5.83. The van der Waals surface area contributed by atoms with Gasteiger partial charge in [-0.25, -0.2) is 9.37 Å². The molecular weight excluding hydrogens is 387 g/mol. The van der Waals surface area contributed by atoms with E-state index in [0.717, 1.165) is 11.1 Å². The van der Waals surface area contributed by atoms with Crippen LogP contribution < -0.4 is 10.1 Å². The lowest BCUT2D eigenvalue weighted by molar-refractivity contribution is 0.102. The predicted molar refractivity (Wildman–Crippen MR) is 106 cm³/mol. The molecule has 0 spiro atoms. The molecule has 27 heavy (non-hydrogen) atoms. The number of rotatable bonds is 5. The molecule has 0 atom stereocenters. The molecule has 1 heterocycles. The number of carbonyl (C=O) groups is 1. The molecule has 1 amide bonds. The minimum absolute atomic E-state index is 0.203. The van der Waals surface area contributed by atoms with Crippen LogP contribution in [0.25, 0.3) is 0 Å². The van der Waals surface area contributed by atoms with E-state index >= 15 is 0 Å². The lowest BCUT2D eigenvalue weighted by Gasteiger charge is -2.11. The Morgan fingerprint density at radius 2 is 1.93 bits per heavy atom. The lowest BCUT2D eigenvalue weighted by Crippen LogP contribution is -2.13. The van der Waals surface area contributed by atoms with E-state index in [2.05, 4.69) is 10.3 Å². The van der Waals surface area contributed by atoms with E-state index < -0.39 is 0 Å². The molecule has 140 valence electrons. The van der Waals surface area contributed by atoms with Crippen molar-refractivity contribution in [2.24, 2.45) is 0 Å². The van der Waals surface area contributed by atoms with Crippen LogP contribution in [0.15, 0.2) is 36.4 Å². The summed E-state index contributed by atoms with van der Waals surface area (Å²) < 4.78 is 18.5. The van der Waals surface area contributed by atoms with Crippen LogP contribution in [0.1, 0.15) is 31.5 Å². The highest BCUT2D eigenvalue weighted by molar-refractivity contribution is 7.13. The van der Waals surface area contributed by atoms with Crippen molar-refractivity contribution in [2.75, 3.05) is 5.32 Å². The first-order chi connectivity index (χ1) is 12.8. The summed E-state index contributed by atoms with van der Waals surface area (Å²) >= 11 is 7.53. The van der Waals surface area contributed by atoms with E-state index in [4.69, 9.17) is 16.3 Å². The van der Waals surface area contributed by atoms with Gasteiger partial charge in [-0.3, -0.25) is 4.79 Å². The average molecular weight is 405 g/mol. The first-order valence-electron chi connectivity index (χ1n) is 8.26. The van der Waals surface area contributed by atoms with E-state index in [1.54, 1.807) is 19.1 Å². The molecule has 2 aromatic carbocycles. The van der Waals surface area contributed by atoms with Crippen molar-refractivity contribution in [3.63, 3.8) is 0 Å². The zero-order valence-electron chi connectivity index (χ0n) is 15.1. The van der Waals surface area contributed by atoms with Gasteiger partial charge < -0.3 is 10.1 Å². The normalized spacial score (nSPS) is 10.7. The fourth-order valence-corrected chi connectivity index (χ4v) is 3.89. The maximum atomic E-state index is 12.9.